The number of benzene rings is 2. The van der Waals surface area contributed by atoms with E-state index in [2.05, 4.69) is 12.1 Å². The van der Waals surface area contributed by atoms with E-state index < -0.39 is 5.97 Å². The summed E-state index contributed by atoms with van der Waals surface area (Å²) in [5.74, 6) is -0.317. The Labute approximate surface area is 141 Å². The van der Waals surface area contributed by atoms with E-state index in [4.69, 9.17) is 5.11 Å². The standard InChI is InChI=1S/C20H21NO3/c22-19(11-8-15-6-9-17(10-7-15)20(23)24)21-13-12-18(14-21)16-4-2-1-3-5-16/h1-7,9-10,18H,8,11-14H2,(H,23,24)/t18-/m1/s1. The van der Waals surface area contributed by atoms with Crippen molar-refractivity contribution in [1.82, 2.24) is 4.90 Å². The van der Waals surface area contributed by atoms with E-state index in [1.807, 2.05) is 23.1 Å². The molecule has 0 unspecified atom stereocenters. The van der Waals surface area contributed by atoms with Crippen LogP contribution in [-0.4, -0.2) is 35.0 Å². The zero-order valence-electron chi connectivity index (χ0n) is 13.5. The van der Waals surface area contributed by atoms with Crippen LogP contribution in [0.25, 0.3) is 0 Å². The van der Waals surface area contributed by atoms with Crippen LogP contribution >= 0.6 is 0 Å². The van der Waals surface area contributed by atoms with Crippen LogP contribution in [0.1, 0.15) is 40.2 Å². The van der Waals surface area contributed by atoms with Crippen LogP contribution in [0.5, 0.6) is 0 Å². The summed E-state index contributed by atoms with van der Waals surface area (Å²) < 4.78 is 0. The molecule has 1 N–H and O–H groups in total. The second kappa shape index (κ2) is 7.30. The lowest BCUT2D eigenvalue weighted by atomic mass is 9.99. The third kappa shape index (κ3) is 3.82. The Morgan fingerprint density at radius 3 is 2.42 bits per heavy atom. The van der Waals surface area contributed by atoms with Crippen LogP contribution in [0, 0.1) is 0 Å². The van der Waals surface area contributed by atoms with Crippen molar-refractivity contribution < 1.29 is 14.7 Å². The smallest absolute Gasteiger partial charge is 0.335 e. The van der Waals surface area contributed by atoms with E-state index in [0.29, 0.717) is 18.8 Å². The minimum Gasteiger partial charge on any atom is -0.478 e. The van der Waals surface area contributed by atoms with E-state index in [1.54, 1.807) is 24.3 Å². The highest BCUT2D eigenvalue weighted by atomic mass is 16.4. The lowest BCUT2D eigenvalue weighted by Crippen LogP contribution is -2.28. The molecule has 1 heterocycles. The quantitative estimate of drug-likeness (QED) is 0.918. The molecule has 1 amide bonds. The molecule has 4 nitrogen and oxygen atoms in total. The molecular weight excluding hydrogens is 302 g/mol. The second-order valence-corrected chi connectivity index (χ2v) is 6.24. The fourth-order valence-corrected chi connectivity index (χ4v) is 3.21. The number of nitrogens with zero attached hydrogens (tertiary/aromatic N) is 1. The Balaban J connectivity index is 1.51. The Morgan fingerprint density at radius 2 is 1.75 bits per heavy atom. The SMILES string of the molecule is O=C(O)c1ccc(CCC(=O)N2CC[C@@H](c3ccccc3)C2)cc1. The van der Waals surface area contributed by atoms with Gasteiger partial charge in [0, 0.05) is 25.4 Å². The Bertz CT molecular complexity index is 709. The van der Waals surface area contributed by atoms with Gasteiger partial charge in [0.1, 0.15) is 0 Å². The van der Waals surface area contributed by atoms with E-state index in [1.165, 1.54) is 5.56 Å². The molecule has 1 fully saturated rings. The number of hydrogen-bond acceptors (Lipinski definition) is 2. The predicted octanol–water partition coefficient (Wildman–Crippen LogP) is 3.33. The van der Waals surface area contributed by atoms with Crippen LogP contribution in [-0.2, 0) is 11.2 Å². The molecule has 0 aromatic heterocycles. The summed E-state index contributed by atoms with van der Waals surface area (Å²) in [6.45, 7) is 1.61. The lowest BCUT2D eigenvalue weighted by molar-refractivity contribution is -0.130. The van der Waals surface area contributed by atoms with Crippen LogP contribution < -0.4 is 0 Å². The maximum atomic E-state index is 12.4. The topological polar surface area (TPSA) is 57.6 Å². The molecule has 1 aliphatic rings. The summed E-state index contributed by atoms with van der Waals surface area (Å²) in [5.41, 5.74) is 2.57. The minimum absolute atomic E-state index is 0.177. The van der Waals surface area contributed by atoms with Gasteiger partial charge in [0.25, 0.3) is 0 Å². The monoisotopic (exact) mass is 323 g/mol. The number of carbonyl (C=O) groups excluding carboxylic acids is 1. The van der Waals surface area contributed by atoms with Gasteiger partial charge in [-0.15, -0.1) is 0 Å². The summed E-state index contributed by atoms with van der Waals surface area (Å²) in [6, 6.07) is 17.1. The second-order valence-electron chi connectivity index (χ2n) is 6.24. The Morgan fingerprint density at radius 1 is 1.04 bits per heavy atom. The molecule has 0 aliphatic carbocycles. The number of aryl methyl sites for hydroxylation is 1. The molecule has 1 saturated heterocycles. The zero-order valence-corrected chi connectivity index (χ0v) is 13.5. The molecule has 1 atom stereocenters. The highest BCUT2D eigenvalue weighted by Crippen LogP contribution is 2.27. The number of likely N-dealkylation sites (tertiary alicyclic amines) is 1. The van der Waals surface area contributed by atoms with Crippen LogP contribution in [0.4, 0.5) is 0 Å². The molecule has 1 aliphatic heterocycles. The molecule has 24 heavy (non-hydrogen) atoms. The summed E-state index contributed by atoms with van der Waals surface area (Å²) in [6.07, 6.45) is 2.13. The van der Waals surface area contributed by atoms with E-state index in [-0.39, 0.29) is 11.5 Å². The molecule has 0 saturated carbocycles. The third-order valence-corrected chi connectivity index (χ3v) is 4.64. The van der Waals surface area contributed by atoms with Gasteiger partial charge >= 0.3 is 5.97 Å². The van der Waals surface area contributed by atoms with E-state index in [0.717, 1.165) is 25.1 Å². The molecule has 0 bridgehead atoms. The Hall–Kier alpha value is -2.62. The van der Waals surface area contributed by atoms with Gasteiger partial charge in [-0.2, -0.15) is 0 Å². The number of hydrogen-bond donors (Lipinski definition) is 1. The van der Waals surface area contributed by atoms with Crippen LogP contribution in [0.15, 0.2) is 54.6 Å². The van der Waals surface area contributed by atoms with Crippen LogP contribution in [0.3, 0.4) is 0 Å². The first kappa shape index (κ1) is 16.2. The first-order chi connectivity index (χ1) is 11.6. The molecule has 4 heteroatoms. The van der Waals surface area contributed by atoms with Gasteiger partial charge in [0.2, 0.25) is 5.91 Å². The van der Waals surface area contributed by atoms with Crippen molar-refractivity contribution in [2.24, 2.45) is 0 Å². The molecular formula is C20H21NO3. The zero-order chi connectivity index (χ0) is 16.9. The maximum Gasteiger partial charge on any atom is 0.335 e. The number of aromatic carboxylic acids is 1. The number of carbonyl (C=O) groups is 2. The van der Waals surface area contributed by atoms with Gasteiger partial charge in [-0.3, -0.25) is 4.79 Å². The van der Waals surface area contributed by atoms with Gasteiger partial charge in [0.05, 0.1) is 5.56 Å². The predicted molar refractivity (Wildman–Crippen MR) is 92.1 cm³/mol. The summed E-state index contributed by atoms with van der Waals surface area (Å²) in [4.78, 5) is 25.2. The highest BCUT2D eigenvalue weighted by molar-refractivity contribution is 5.87. The Kier molecular flexibility index (Phi) is 4.94. The summed E-state index contributed by atoms with van der Waals surface area (Å²) in [5, 5.41) is 8.90. The van der Waals surface area contributed by atoms with Crippen molar-refractivity contribution in [1.29, 1.82) is 0 Å². The van der Waals surface area contributed by atoms with Gasteiger partial charge in [-0.1, -0.05) is 42.5 Å². The molecule has 0 radical (unpaired) electrons. The van der Waals surface area contributed by atoms with Gasteiger partial charge in [0.15, 0.2) is 0 Å². The average Bonchev–Trinajstić information content (AvgIpc) is 3.11. The first-order valence-electron chi connectivity index (χ1n) is 8.28. The maximum absolute atomic E-state index is 12.4. The lowest BCUT2D eigenvalue weighted by Gasteiger charge is -2.17. The third-order valence-electron chi connectivity index (χ3n) is 4.64. The first-order valence-corrected chi connectivity index (χ1v) is 8.28. The summed E-state index contributed by atoms with van der Waals surface area (Å²) in [7, 11) is 0. The number of rotatable bonds is 5. The van der Waals surface area contributed by atoms with E-state index >= 15 is 0 Å². The van der Waals surface area contributed by atoms with E-state index in [9.17, 15) is 9.59 Å². The molecule has 3 rings (SSSR count). The van der Waals surface area contributed by atoms with Crippen LogP contribution in [0.2, 0.25) is 0 Å². The van der Waals surface area contributed by atoms with Crippen molar-refractivity contribution in [3.63, 3.8) is 0 Å². The number of amides is 1. The van der Waals surface area contributed by atoms with Crippen molar-refractivity contribution >= 4 is 11.9 Å². The fraction of sp³-hybridized carbons (Fsp3) is 0.300. The van der Waals surface area contributed by atoms with Crippen molar-refractivity contribution in [3.8, 4) is 0 Å². The van der Waals surface area contributed by atoms with Crippen molar-refractivity contribution in [2.45, 2.75) is 25.2 Å². The van der Waals surface area contributed by atoms with Gasteiger partial charge in [-0.25, -0.2) is 4.79 Å². The molecule has 124 valence electrons. The van der Waals surface area contributed by atoms with Gasteiger partial charge in [-0.05, 0) is 36.1 Å². The van der Waals surface area contributed by atoms with Gasteiger partial charge < -0.3 is 10.0 Å². The van der Waals surface area contributed by atoms with Crippen molar-refractivity contribution in [2.75, 3.05) is 13.1 Å². The molecule has 2 aromatic rings. The number of carboxylic acids is 1. The number of carboxylic acid groups (broad SMARTS) is 1. The van der Waals surface area contributed by atoms with Crippen molar-refractivity contribution in [3.05, 3.63) is 71.3 Å². The normalized spacial score (nSPS) is 17.0. The minimum atomic E-state index is -0.929. The largest absolute Gasteiger partial charge is 0.478 e. The fourth-order valence-electron chi connectivity index (χ4n) is 3.21. The average molecular weight is 323 g/mol. The molecule has 2 aromatic carbocycles. The molecule has 0 spiro atoms. The summed E-state index contributed by atoms with van der Waals surface area (Å²) >= 11 is 0. The highest BCUT2D eigenvalue weighted by Gasteiger charge is 2.26.